The maximum absolute atomic E-state index is 12.6. The number of aromatic nitrogens is 2. The Morgan fingerprint density at radius 1 is 1.00 bits per heavy atom. The van der Waals surface area contributed by atoms with Gasteiger partial charge in [-0.1, -0.05) is 30.3 Å². The van der Waals surface area contributed by atoms with Crippen LogP contribution in [0, 0.1) is 13.8 Å². The number of para-hydroxylation sites is 1. The van der Waals surface area contributed by atoms with Crippen molar-refractivity contribution < 1.29 is 13.2 Å². The van der Waals surface area contributed by atoms with Gasteiger partial charge < -0.3 is 5.32 Å². The number of sulfonamides is 1. The summed E-state index contributed by atoms with van der Waals surface area (Å²) < 4.78 is 28.6. The Hall–Kier alpha value is -2.97. The van der Waals surface area contributed by atoms with Gasteiger partial charge in [0, 0.05) is 19.5 Å². The minimum Gasteiger partial charge on any atom is -0.323 e. The topological polar surface area (TPSA) is 84.3 Å². The number of carbonyl (C=O) groups is 1. The van der Waals surface area contributed by atoms with Crippen LogP contribution in [0.1, 0.15) is 36.2 Å². The predicted octanol–water partition coefficient (Wildman–Crippen LogP) is 3.84. The van der Waals surface area contributed by atoms with Crippen LogP contribution in [0.2, 0.25) is 0 Å². The molecule has 1 fully saturated rings. The van der Waals surface area contributed by atoms with Crippen LogP contribution in [-0.2, 0) is 21.2 Å². The van der Waals surface area contributed by atoms with Crippen molar-refractivity contribution in [2.45, 2.75) is 44.4 Å². The lowest BCUT2D eigenvalue weighted by molar-refractivity contribution is -0.116. The van der Waals surface area contributed by atoms with E-state index in [1.165, 1.54) is 4.31 Å². The number of hydrogen-bond acceptors (Lipinski definition) is 4. The predicted molar refractivity (Wildman–Crippen MR) is 124 cm³/mol. The molecule has 2 heterocycles. The summed E-state index contributed by atoms with van der Waals surface area (Å²) in [5.41, 5.74) is 4.23. The third-order valence-corrected chi connectivity index (χ3v) is 7.74. The number of carbonyl (C=O) groups excluding carboxylic acids is 1. The van der Waals surface area contributed by atoms with Gasteiger partial charge in [0.25, 0.3) is 0 Å². The lowest BCUT2D eigenvalue weighted by atomic mass is 10.1. The molecule has 3 aromatic rings. The van der Waals surface area contributed by atoms with E-state index in [4.69, 9.17) is 0 Å². The third-order valence-electron chi connectivity index (χ3n) is 5.82. The van der Waals surface area contributed by atoms with Crippen LogP contribution in [0.25, 0.3) is 5.69 Å². The van der Waals surface area contributed by atoms with E-state index >= 15 is 0 Å². The molecular weight excluding hydrogens is 424 g/mol. The highest BCUT2D eigenvalue weighted by Gasteiger charge is 2.26. The van der Waals surface area contributed by atoms with Crippen LogP contribution >= 0.6 is 0 Å². The summed E-state index contributed by atoms with van der Waals surface area (Å²) in [5.74, 6) is -0.0995. The monoisotopic (exact) mass is 452 g/mol. The van der Waals surface area contributed by atoms with Crippen molar-refractivity contribution in [3.8, 4) is 5.69 Å². The molecule has 1 saturated heterocycles. The molecule has 7 nitrogen and oxygen atoms in total. The van der Waals surface area contributed by atoms with E-state index in [1.807, 2.05) is 48.9 Å². The summed E-state index contributed by atoms with van der Waals surface area (Å²) in [6.45, 7) is 4.98. The van der Waals surface area contributed by atoms with E-state index in [1.54, 1.807) is 24.3 Å². The molecule has 0 unspecified atom stereocenters. The highest BCUT2D eigenvalue weighted by Crippen LogP contribution is 2.24. The molecule has 1 aliphatic heterocycles. The average molecular weight is 453 g/mol. The first-order chi connectivity index (χ1) is 15.4. The van der Waals surface area contributed by atoms with Gasteiger partial charge in [0.05, 0.1) is 27.7 Å². The Morgan fingerprint density at radius 3 is 2.31 bits per heavy atom. The summed E-state index contributed by atoms with van der Waals surface area (Å²) in [6, 6.07) is 16.7. The fraction of sp³-hybridized carbons (Fsp3) is 0.333. The van der Waals surface area contributed by atoms with E-state index in [0.717, 1.165) is 41.2 Å². The number of amides is 1. The van der Waals surface area contributed by atoms with Gasteiger partial charge in [0.2, 0.25) is 15.9 Å². The van der Waals surface area contributed by atoms with Gasteiger partial charge in [-0.05, 0) is 62.9 Å². The molecule has 1 aliphatic rings. The minimum atomic E-state index is -3.41. The highest BCUT2D eigenvalue weighted by molar-refractivity contribution is 7.89. The summed E-state index contributed by atoms with van der Waals surface area (Å²) in [4.78, 5) is 12.9. The second-order valence-electron chi connectivity index (χ2n) is 8.10. The summed E-state index contributed by atoms with van der Waals surface area (Å²) in [6.07, 6.45) is 2.65. The quantitative estimate of drug-likeness (QED) is 0.590. The van der Waals surface area contributed by atoms with Crippen LogP contribution < -0.4 is 5.32 Å². The van der Waals surface area contributed by atoms with Crippen molar-refractivity contribution in [3.63, 3.8) is 0 Å². The Labute approximate surface area is 189 Å². The Bertz CT molecular complexity index is 1200. The summed E-state index contributed by atoms with van der Waals surface area (Å²) in [5, 5.41) is 7.54. The second-order valence-corrected chi connectivity index (χ2v) is 10.0. The lowest BCUT2D eigenvalue weighted by Gasteiger charge is -2.15. The Morgan fingerprint density at radius 2 is 1.66 bits per heavy atom. The third kappa shape index (κ3) is 4.61. The Kier molecular flexibility index (Phi) is 6.43. The molecule has 0 radical (unpaired) electrons. The van der Waals surface area contributed by atoms with E-state index in [-0.39, 0.29) is 5.91 Å². The zero-order chi connectivity index (χ0) is 22.7. The fourth-order valence-corrected chi connectivity index (χ4v) is 5.53. The van der Waals surface area contributed by atoms with Gasteiger partial charge in [-0.15, -0.1) is 0 Å². The molecule has 1 N–H and O–H groups in total. The normalized spacial score (nSPS) is 14.6. The van der Waals surface area contributed by atoms with Gasteiger partial charge in [-0.2, -0.15) is 9.40 Å². The number of aryl methyl sites for hydroxylation is 2. The Balaban J connectivity index is 1.38. The number of anilines is 1. The van der Waals surface area contributed by atoms with Crippen LogP contribution in [0.5, 0.6) is 0 Å². The van der Waals surface area contributed by atoms with E-state index in [9.17, 15) is 13.2 Å². The van der Waals surface area contributed by atoms with Gasteiger partial charge >= 0.3 is 0 Å². The van der Waals surface area contributed by atoms with E-state index < -0.39 is 10.0 Å². The fourth-order valence-electron chi connectivity index (χ4n) is 4.01. The first kappa shape index (κ1) is 22.2. The number of nitrogens with one attached hydrogen (secondary N) is 1. The van der Waals surface area contributed by atoms with Crippen molar-refractivity contribution in [2.24, 2.45) is 0 Å². The minimum absolute atomic E-state index is 0.0995. The molecule has 168 valence electrons. The molecular formula is C24H28N4O3S. The average Bonchev–Trinajstić information content (AvgIpc) is 3.44. The number of nitrogens with zero attached hydrogens (tertiary/aromatic N) is 3. The highest BCUT2D eigenvalue weighted by atomic mass is 32.2. The van der Waals surface area contributed by atoms with Crippen LogP contribution in [-0.4, -0.2) is 41.5 Å². The van der Waals surface area contributed by atoms with Gasteiger partial charge in [0.1, 0.15) is 0 Å². The molecule has 0 bridgehead atoms. The zero-order valence-corrected chi connectivity index (χ0v) is 19.2. The maximum Gasteiger partial charge on any atom is 0.243 e. The molecule has 0 spiro atoms. The number of rotatable bonds is 7. The lowest BCUT2D eigenvalue weighted by Crippen LogP contribution is -2.27. The molecule has 0 saturated carbocycles. The number of benzene rings is 2. The summed E-state index contributed by atoms with van der Waals surface area (Å²) in [7, 11) is -3.41. The van der Waals surface area contributed by atoms with Crippen LogP contribution in [0.3, 0.4) is 0 Å². The molecule has 32 heavy (non-hydrogen) atoms. The molecule has 1 amide bonds. The SMILES string of the molecule is Cc1nn(-c2ccccc2)c(C)c1NC(=O)CCc1ccc(S(=O)(=O)N2CCCC2)cc1. The van der Waals surface area contributed by atoms with Gasteiger partial charge in [0.15, 0.2) is 0 Å². The largest absolute Gasteiger partial charge is 0.323 e. The first-order valence-corrected chi connectivity index (χ1v) is 12.3. The maximum atomic E-state index is 12.6. The van der Waals surface area contributed by atoms with Crippen molar-refractivity contribution in [1.82, 2.24) is 14.1 Å². The van der Waals surface area contributed by atoms with Crippen molar-refractivity contribution in [2.75, 3.05) is 18.4 Å². The molecule has 1 aromatic heterocycles. The number of hydrogen-bond donors (Lipinski definition) is 1. The van der Waals surface area contributed by atoms with E-state index in [2.05, 4.69) is 10.4 Å². The smallest absolute Gasteiger partial charge is 0.243 e. The second kappa shape index (κ2) is 9.26. The van der Waals surface area contributed by atoms with Crippen LogP contribution in [0.15, 0.2) is 59.5 Å². The summed E-state index contributed by atoms with van der Waals surface area (Å²) >= 11 is 0. The van der Waals surface area contributed by atoms with E-state index in [0.29, 0.717) is 30.8 Å². The molecule has 0 atom stereocenters. The van der Waals surface area contributed by atoms with Crippen LogP contribution in [0.4, 0.5) is 5.69 Å². The van der Waals surface area contributed by atoms with Crippen molar-refractivity contribution in [3.05, 3.63) is 71.5 Å². The van der Waals surface area contributed by atoms with Crippen molar-refractivity contribution in [1.29, 1.82) is 0 Å². The van der Waals surface area contributed by atoms with Gasteiger partial charge in [-0.3, -0.25) is 4.79 Å². The zero-order valence-electron chi connectivity index (χ0n) is 18.4. The molecule has 8 heteroatoms. The molecule has 0 aliphatic carbocycles. The molecule has 4 rings (SSSR count). The molecule has 2 aromatic carbocycles. The van der Waals surface area contributed by atoms with Gasteiger partial charge in [-0.25, -0.2) is 13.1 Å². The first-order valence-electron chi connectivity index (χ1n) is 10.9. The van der Waals surface area contributed by atoms with Crippen molar-refractivity contribution >= 4 is 21.6 Å². The standard InChI is InChI=1S/C24H28N4O3S/c1-18-24(19(2)28(26-18)21-8-4-3-5-9-21)25-23(29)15-12-20-10-13-22(14-11-20)32(30,31)27-16-6-7-17-27/h3-5,8-11,13-14H,6-7,12,15-17H2,1-2H3,(H,25,29).